The summed E-state index contributed by atoms with van der Waals surface area (Å²) < 4.78 is 47.3. The van der Waals surface area contributed by atoms with Gasteiger partial charge in [0.25, 0.3) is 5.95 Å². The molecule has 0 aromatic carbocycles. The molecule has 4 aromatic rings. The summed E-state index contributed by atoms with van der Waals surface area (Å²) in [7, 11) is 0. The zero-order valence-electron chi connectivity index (χ0n) is 20.9. The summed E-state index contributed by atoms with van der Waals surface area (Å²) in [6.45, 7) is 3.01. The molecule has 0 amide bonds. The second-order valence-corrected chi connectivity index (χ2v) is 10.1. The fraction of sp³-hybridized carbons (Fsp3) is 0.370. The normalized spacial score (nSPS) is 21.2. The lowest BCUT2D eigenvalue weighted by Gasteiger charge is -2.45. The maximum Gasteiger partial charge on any atom is 0.251 e. The van der Waals surface area contributed by atoms with Gasteiger partial charge in [-0.3, -0.25) is 4.98 Å². The summed E-state index contributed by atoms with van der Waals surface area (Å²) in [5.74, 6) is -2.32. The van der Waals surface area contributed by atoms with Crippen molar-refractivity contribution in [2.45, 2.75) is 37.3 Å². The van der Waals surface area contributed by atoms with Crippen LogP contribution in [0.5, 0.6) is 0 Å². The SMILES string of the molecule is Fc1cc(F)c(Nc2cc(-c3nc(N4CCOC5CNCCC54)c4c(C5CC5)cncc4n3)ccn2)nc1F. The molecular formula is C27H25F3N8O. The lowest BCUT2D eigenvalue weighted by Crippen LogP contribution is -2.59. The number of fused-ring (bicyclic) bond motifs is 2. The highest BCUT2D eigenvalue weighted by atomic mass is 19.2. The third-order valence-corrected chi connectivity index (χ3v) is 7.51. The first kappa shape index (κ1) is 24.2. The predicted molar refractivity (Wildman–Crippen MR) is 138 cm³/mol. The third-order valence-electron chi connectivity index (χ3n) is 7.51. The minimum Gasteiger partial charge on any atom is -0.373 e. The van der Waals surface area contributed by atoms with E-state index in [9.17, 15) is 13.2 Å². The summed E-state index contributed by atoms with van der Waals surface area (Å²) in [6.07, 6.45) is 8.46. The van der Waals surface area contributed by atoms with Crippen LogP contribution in [0.2, 0.25) is 0 Å². The lowest BCUT2D eigenvalue weighted by atomic mass is 9.98. The minimum atomic E-state index is -1.40. The second kappa shape index (κ2) is 9.69. The molecule has 1 saturated carbocycles. The summed E-state index contributed by atoms with van der Waals surface area (Å²) >= 11 is 0. The number of anilines is 3. The first-order chi connectivity index (χ1) is 19.0. The number of hydrogen-bond donors (Lipinski definition) is 2. The first-order valence-corrected chi connectivity index (χ1v) is 13.0. The van der Waals surface area contributed by atoms with E-state index in [4.69, 9.17) is 14.7 Å². The fourth-order valence-corrected chi connectivity index (χ4v) is 5.49. The van der Waals surface area contributed by atoms with Crippen LogP contribution in [-0.2, 0) is 4.74 Å². The first-order valence-electron chi connectivity index (χ1n) is 13.0. The van der Waals surface area contributed by atoms with Crippen LogP contribution in [0.3, 0.4) is 0 Å². The molecule has 3 fully saturated rings. The highest BCUT2D eigenvalue weighted by molar-refractivity contribution is 5.94. The van der Waals surface area contributed by atoms with Crippen molar-refractivity contribution >= 4 is 28.4 Å². The Morgan fingerprint density at radius 3 is 2.79 bits per heavy atom. The van der Waals surface area contributed by atoms with Gasteiger partial charge in [-0.05, 0) is 49.4 Å². The monoisotopic (exact) mass is 534 g/mol. The van der Waals surface area contributed by atoms with E-state index in [1.54, 1.807) is 18.3 Å². The van der Waals surface area contributed by atoms with E-state index in [1.165, 1.54) is 11.8 Å². The van der Waals surface area contributed by atoms with Gasteiger partial charge in [-0.15, -0.1) is 0 Å². The van der Waals surface area contributed by atoms with Gasteiger partial charge in [0.15, 0.2) is 23.3 Å². The quantitative estimate of drug-likeness (QED) is 0.367. The lowest BCUT2D eigenvalue weighted by molar-refractivity contribution is -0.000423. The van der Waals surface area contributed by atoms with Crippen LogP contribution >= 0.6 is 0 Å². The van der Waals surface area contributed by atoms with E-state index in [-0.39, 0.29) is 18.0 Å². The average molecular weight is 535 g/mol. The Morgan fingerprint density at radius 2 is 1.92 bits per heavy atom. The molecule has 6 heterocycles. The molecule has 4 aromatic heterocycles. The van der Waals surface area contributed by atoms with Crippen molar-refractivity contribution in [2.75, 3.05) is 36.5 Å². The van der Waals surface area contributed by atoms with Crippen molar-refractivity contribution < 1.29 is 17.9 Å². The van der Waals surface area contributed by atoms with Crippen molar-refractivity contribution in [3.63, 3.8) is 0 Å². The molecule has 1 aliphatic carbocycles. The summed E-state index contributed by atoms with van der Waals surface area (Å²) in [4.78, 5) is 24.3. The largest absolute Gasteiger partial charge is 0.373 e. The van der Waals surface area contributed by atoms with Crippen LogP contribution in [0.15, 0.2) is 36.8 Å². The number of rotatable bonds is 5. The third kappa shape index (κ3) is 4.53. The Bertz CT molecular complexity index is 1560. The zero-order chi connectivity index (χ0) is 26.5. The Kier molecular flexibility index (Phi) is 6.00. The molecule has 12 heteroatoms. The van der Waals surface area contributed by atoms with Crippen LogP contribution in [0.25, 0.3) is 22.3 Å². The molecule has 200 valence electrons. The average Bonchev–Trinajstić information content (AvgIpc) is 3.81. The van der Waals surface area contributed by atoms with Crippen LogP contribution in [0.4, 0.5) is 30.6 Å². The topological polar surface area (TPSA) is 101 Å². The predicted octanol–water partition coefficient (Wildman–Crippen LogP) is 4.09. The maximum absolute atomic E-state index is 14.2. The van der Waals surface area contributed by atoms with Crippen molar-refractivity contribution in [1.82, 2.24) is 30.2 Å². The number of pyridine rings is 3. The van der Waals surface area contributed by atoms with E-state index in [0.29, 0.717) is 36.5 Å². The molecule has 2 aliphatic heterocycles. The highest BCUT2D eigenvalue weighted by Crippen LogP contribution is 2.45. The van der Waals surface area contributed by atoms with Crippen LogP contribution in [0, 0.1) is 17.6 Å². The molecule has 0 radical (unpaired) electrons. The Balaban J connectivity index is 1.32. The maximum atomic E-state index is 14.2. The van der Waals surface area contributed by atoms with Gasteiger partial charge in [0, 0.05) is 42.5 Å². The van der Waals surface area contributed by atoms with E-state index in [1.807, 2.05) is 6.20 Å². The number of nitrogens with one attached hydrogen (secondary N) is 2. The number of morpholine rings is 1. The molecule has 2 atom stereocenters. The molecule has 2 unspecified atom stereocenters. The zero-order valence-corrected chi connectivity index (χ0v) is 20.9. The Labute approximate surface area is 221 Å². The van der Waals surface area contributed by atoms with Gasteiger partial charge in [0.2, 0.25) is 0 Å². The molecule has 7 rings (SSSR count). The molecule has 39 heavy (non-hydrogen) atoms. The van der Waals surface area contributed by atoms with Crippen molar-refractivity contribution in [3.8, 4) is 11.4 Å². The van der Waals surface area contributed by atoms with Gasteiger partial charge in [-0.2, -0.15) is 9.37 Å². The second-order valence-electron chi connectivity index (χ2n) is 10.1. The van der Waals surface area contributed by atoms with Crippen LogP contribution in [-0.4, -0.2) is 63.3 Å². The molecule has 9 nitrogen and oxygen atoms in total. The molecule has 2 saturated heterocycles. The van der Waals surface area contributed by atoms with E-state index in [2.05, 4.69) is 30.5 Å². The number of hydrogen-bond acceptors (Lipinski definition) is 9. The van der Waals surface area contributed by atoms with Gasteiger partial charge in [0.1, 0.15) is 11.6 Å². The molecular weight excluding hydrogens is 509 g/mol. The van der Waals surface area contributed by atoms with Crippen LogP contribution in [0.1, 0.15) is 30.7 Å². The van der Waals surface area contributed by atoms with E-state index < -0.39 is 23.4 Å². The summed E-state index contributed by atoms with van der Waals surface area (Å²) in [5.41, 5.74) is 2.53. The number of ether oxygens (including phenoxy) is 1. The Morgan fingerprint density at radius 1 is 1.03 bits per heavy atom. The van der Waals surface area contributed by atoms with E-state index >= 15 is 0 Å². The Hall–Kier alpha value is -3.90. The molecule has 0 bridgehead atoms. The van der Waals surface area contributed by atoms with E-state index in [0.717, 1.165) is 49.1 Å². The molecule has 0 spiro atoms. The number of aromatic nitrogens is 5. The summed E-state index contributed by atoms with van der Waals surface area (Å²) in [5, 5.41) is 7.08. The number of nitrogens with zero attached hydrogens (tertiary/aromatic N) is 6. The number of halogens is 3. The van der Waals surface area contributed by atoms with Gasteiger partial charge in [-0.25, -0.2) is 23.7 Å². The van der Waals surface area contributed by atoms with Gasteiger partial charge in [0.05, 0.1) is 30.5 Å². The van der Waals surface area contributed by atoms with Crippen molar-refractivity contribution in [1.29, 1.82) is 0 Å². The van der Waals surface area contributed by atoms with Crippen molar-refractivity contribution in [2.24, 2.45) is 0 Å². The van der Waals surface area contributed by atoms with Gasteiger partial charge >= 0.3 is 0 Å². The number of piperidine rings is 1. The van der Waals surface area contributed by atoms with Crippen molar-refractivity contribution in [3.05, 3.63) is 59.9 Å². The van der Waals surface area contributed by atoms with Gasteiger partial charge in [-0.1, -0.05) is 0 Å². The van der Waals surface area contributed by atoms with Crippen LogP contribution < -0.4 is 15.5 Å². The standard InChI is InChI=1S/C27H25F3N8O/c28-17-10-18(29)26(36-24(17)30)35-22-9-15(3-6-33-22)25-34-19-12-32-11-16(14-1-2-14)23(19)27(37-25)38-7-8-39-21-13-31-5-4-20(21)38/h3,6,9-12,14,20-21,31H,1-2,4-5,7-8,13H2,(H,33,35,36). The summed E-state index contributed by atoms with van der Waals surface area (Å²) in [6, 6.07) is 3.99. The smallest absolute Gasteiger partial charge is 0.251 e. The fourth-order valence-electron chi connectivity index (χ4n) is 5.49. The highest BCUT2D eigenvalue weighted by Gasteiger charge is 2.37. The van der Waals surface area contributed by atoms with Gasteiger partial charge < -0.3 is 20.3 Å². The minimum absolute atomic E-state index is 0.0717. The molecule has 2 N–H and O–H groups in total. The molecule has 3 aliphatic rings.